The first-order valence-electron chi connectivity index (χ1n) is 9.76. The third-order valence-electron chi connectivity index (χ3n) is 5.08. The molecule has 0 aliphatic carbocycles. The predicted octanol–water partition coefficient (Wildman–Crippen LogP) is 3.11. The van der Waals surface area contributed by atoms with Gasteiger partial charge in [-0.1, -0.05) is 38.1 Å². The van der Waals surface area contributed by atoms with Crippen LogP contribution >= 0.6 is 0 Å². The van der Waals surface area contributed by atoms with E-state index in [0.29, 0.717) is 24.8 Å². The molecule has 2 heterocycles. The fraction of sp³-hybridized carbons (Fsp3) is 0.571. The first kappa shape index (κ1) is 19.5. The Morgan fingerprint density at radius 1 is 1.07 bits per heavy atom. The smallest absolute Gasteiger partial charge is 0.293 e. The number of aromatic nitrogens is 3. The van der Waals surface area contributed by atoms with Gasteiger partial charge < -0.3 is 4.90 Å². The zero-order valence-electron chi connectivity index (χ0n) is 17.1. The van der Waals surface area contributed by atoms with Crippen molar-refractivity contribution in [3.8, 4) is 0 Å². The lowest BCUT2D eigenvalue weighted by molar-refractivity contribution is 0.0615. The molecular formula is C21H31N5O. The summed E-state index contributed by atoms with van der Waals surface area (Å²) in [6, 6.07) is 8.87. The van der Waals surface area contributed by atoms with E-state index in [1.807, 2.05) is 25.7 Å². The van der Waals surface area contributed by atoms with E-state index < -0.39 is 0 Å². The van der Waals surface area contributed by atoms with Gasteiger partial charge in [0.1, 0.15) is 6.33 Å². The Hall–Kier alpha value is -2.21. The molecular weight excluding hydrogens is 338 g/mol. The number of benzene rings is 1. The molecule has 1 aliphatic heterocycles. The van der Waals surface area contributed by atoms with Crippen LogP contribution in [0.3, 0.4) is 0 Å². The quantitative estimate of drug-likeness (QED) is 0.831. The van der Waals surface area contributed by atoms with E-state index in [9.17, 15) is 4.79 Å². The average molecular weight is 370 g/mol. The third-order valence-corrected chi connectivity index (χ3v) is 5.08. The lowest BCUT2D eigenvalue weighted by atomic mass is 10.0. The van der Waals surface area contributed by atoms with Crippen molar-refractivity contribution in [1.82, 2.24) is 24.6 Å². The number of nitrogens with zero attached hydrogens (tertiary/aromatic N) is 5. The molecule has 0 unspecified atom stereocenters. The minimum atomic E-state index is -0.171. The molecule has 6 heteroatoms. The fourth-order valence-corrected chi connectivity index (χ4v) is 3.20. The number of piperazine rings is 1. The lowest BCUT2D eigenvalue weighted by Crippen LogP contribution is -2.48. The van der Waals surface area contributed by atoms with Crippen LogP contribution in [0.2, 0.25) is 0 Å². The molecule has 1 aromatic heterocycles. The van der Waals surface area contributed by atoms with Crippen LogP contribution in [0.15, 0.2) is 30.6 Å². The lowest BCUT2D eigenvalue weighted by Gasteiger charge is -2.34. The van der Waals surface area contributed by atoms with Crippen molar-refractivity contribution in [1.29, 1.82) is 0 Å². The van der Waals surface area contributed by atoms with Gasteiger partial charge in [0.2, 0.25) is 5.82 Å². The second kappa shape index (κ2) is 7.80. The fourth-order valence-electron chi connectivity index (χ4n) is 3.20. The number of rotatable bonds is 4. The summed E-state index contributed by atoms with van der Waals surface area (Å²) >= 11 is 0. The zero-order valence-corrected chi connectivity index (χ0v) is 17.1. The van der Waals surface area contributed by atoms with Gasteiger partial charge in [-0.2, -0.15) is 0 Å². The van der Waals surface area contributed by atoms with Crippen LogP contribution < -0.4 is 0 Å². The number of hydrogen-bond donors (Lipinski definition) is 0. The predicted molar refractivity (Wildman–Crippen MR) is 107 cm³/mol. The van der Waals surface area contributed by atoms with E-state index in [1.54, 1.807) is 11.0 Å². The Morgan fingerprint density at radius 2 is 1.70 bits per heavy atom. The van der Waals surface area contributed by atoms with E-state index >= 15 is 0 Å². The van der Waals surface area contributed by atoms with Crippen LogP contribution in [-0.2, 0) is 12.1 Å². The Kier molecular flexibility index (Phi) is 5.65. The molecule has 0 bridgehead atoms. The first-order valence-corrected chi connectivity index (χ1v) is 9.76. The SMILES string of the molecule is CC(C)c1ccc(CN2CCN(C(=O)c3ncn(C(C)(C)C)n3)CC2)cc1. The standard InChI is InChI=1S/C21H31N5O/c1-16(2)18-8-6-17(7-9-18)14-24-10-12-25(13-11-24)20(27)19-22-15-26(23-19)21(3,4)5/h6-9,15-16H,10-14H2,1-5H3. The van der Waals surface area contributed by atoms with E-state index in [4.69, 9.17) is 0 Å². The molecule has 1 aromatic carbocycles. The van der Waals surface area contributed by atoms with Gasteiger partial charge in [0.25, 0.3) is 5.91 Å². The number of carbonyl (C=O) groups excluding carboxylic acids is 1. The van der Waals surface area contributed by atoms with Gasteiger partial charge in [0.15, 0.2) is 0 Å². The van der Waals surface area contributed by atoms with Crippen molar-refractivity contribution in [2.24, 2.45) is 0 Å². The maximum absolute atomic E-state index is 12.7. The second-order valence-corrected chi connectivity index (χ2v) is 8.65. The van der Waals surface area contributed by atoms with Crippen molar-refractivity contribution in [3.63, 3.8) is 0 Å². The highest BCUT2D eigenvalue weighted by Gasteiger charge is 2.26. The van der Waals surface area contributed by atoms with E-state index in [-0.39, 0.29) is 11.4 Å². The van der Waals surface area contributed by atoms with Gasteiger partial charge >= 0.3 is 0 Å². The molecule has 0 atom stereocenters. The Bertz CT molecular complexity index is 765. The first-order chi connectivity index (χ1) is 12.7. The van der Waals surface area contributed by atoms with Crippen molar-refractivity contribution in [2.45, 2.75) is 52.6 Å². The van der Waals surface area contributed by atoms with Gasteiger partial charge in [0.05, 0.1) is 5.54 Å². The van der Waals surface area contributed by atoms with E-state index in [0.717, 1.165) is 19.6 Å². The minimum absolute atomic E-state index is 0.0704. The largest absolute Gasteiger partial charge is 0.333 e. The van der Waals surface area contributed by atoms with E-state index in [1.165, 1.54) is 11.1 Å². The van der Waals surface area contributed by atoms with Crippen LogP contribution in [0.25, 0.3) is 0 Å². The normalized spacial score (nSPS) is 16.1. The summed E-state index contributed by atoms with van der Waals surface area (Å²) in [6.07, 6.45) is 1.64. The van der Waals surface area contributed by atoms with Crippen molar-refractivity contribution in [2.75, 3.05) is 26.2 Å². The van der Waals surface area contributed by atoms with Gasteiger partial charge in [-0.3, -0.25) is 9.69 Å². The summed E-state index contributed by atoms with van der Waals surface area (Å²) in [6.45, 7) is 14.7. The molecule has 0 saturated carbocycles. The topological polar surface area (TPSA) is 54.3 Å². The number of hydrogen-bond acceptors (Lipinski definition) is 4. The number of carbonyl (C=O) groups is 1. The highest BCUT2D eigenvalue weighted by Crippen LogP contribution is 2.17. The maximum Gasteiger partial charge on any atom is 0.293 e. The Balaban J connectivity index is 1.54. The van der Waals surface area contributed by atoms with Gasteiger partial charge in [-0.25, -0.2) is 9.67 Å². The molecule has 0 radical (unpaired) electrons. The third kappa shape index (κ3) is 4.75. The van der Waals surface area contributed by atoms with Crippen molar-refractivity contribution < 1.29 is 4.79 Å². The summed E-state index contributed by atoms with van der Waals surface area (Å²) in [5.74, 6) is 0.783. The summed E-state index contributed by atoms with van der Waals surface area (Å²) in [5.41, 5.74) is 2.52. The molecule has 1 saturated heterocycles. The summed E-state index contributed by atoms with van der Waals surface area (Å²) in [5, 5.41) is 4.37. The second-order valence-electron chi connectivity index (χ2n) is 8.65. The van der Waals surface area contributed by atoms with Gasteiger partial charge in [-0.05, 0) is 37.8 Å². The van der Waals surface area contributed by atoms with Crippen LogP contribution in [-0.4, -0.2) is 56.7 Å². The highest BCUT2D eigenvalue weighted by atomic mass is 16.2. The molecule has 2 aromatic rings. The summed E-state index contributed by atoms with van der Waals surface area (Å²) in [4.78, 5) is 21.1. The van der Waals surface area contributed by atoms with Gasteiger partial charge in [0, 0.05) is 32.7 Å². The maximum atomic E-state index is 12.7. The Morgan fingerprint density at radius 3 is 2.22 bits per heavy atom. The van der Waals surface area contributed by atoms with Crippen LogP contribution in [0, 0.1) is 0 Å². The van der Waals surface area contributed by atoms with Gasteiger partial charge in [-0.15, -0.1) is 5.10 Å². The minimum Gasteiger partial charge on any atom is -0.333 e. The summed E-state index contributed by atoms with van der Waals surface area (Å²) < 4.78 is 1.75. The molecule has 1 amide bonds. The van der Waals surface area contributed by atoms with Crippen molar-refractivity contribution in [3.05, 3.63) is 47.5 Å². The molecule has 27 heavy (non-hydrogen) atoms. The monoisotopic (exact) mass is 369 g/mol. The molecule has 1 aliphatic rings. The molecule has 3 rings (SSSR count). The van der Waals surface area contributed by atoms with Crippen LogP contribution in [0.4, 0.5) is 0 Å². The Labute approximate surface area is 162 Å². The molecule has 0 spiro atoms. The molecule has 0 N–H and O–H groups in total. The van der Waals surface area contributed by atoms with Crippen molar-refractivity contribution >= 4 is 5.91 Å². The summed E-state index contributed by atoms with van der Waals surface area (Å²) in [7, 11) is 0. The van der Waals surface area contributed by atoms with Crippen LogP contribution in [0.1, 0.15) is 62.3 Å². The molecule has 6 nitrogen and oxygen atoms in total. The highest BCUT2D eigenvalue weighted by molar-refractivity contribution is 5.90. The number of amides is 1. The average Bonchev–Trinajstić information content (AvgIpc) is 3.13. The van der Waals surface area contributed by atoms with E-state index in [2.05, 4.69) is 53.1 Å². The zero-order chi connectivity index (χ0) is 19.6. The molecule has 146 valence electrons. The van der Waals surface area contributed by atoms with Crippen LogP contribution in [0.5, 0.6) is 0 Å². The molecule has 1 fully saturated rings.